The zero-order chi connectivity index (χ0) is 14.3. The van der Waals surface area contributed by atoms with Gasteiger partial charge < -0.3 is 10.5 Å². The van der Waals surface area contributed by atoms with Crippen LogP contribution in [0.15, 0.2) is 36.8 Å². The summed E-state index contributed by atoms with van der Waals surface area (Å²) < 4.78 is 5.76. The molecule has 2 N–H and O–H groups in total. The topological polar surface area (TPSA) is 78.1 Å². The van der Waals surface area contributed by atoms with Crippen LogP contribution in [0.5, 0.6) is 11.6 Å². The number of fused-ring (bicyclic) bond motifs is 2. The molecule has 102 valence electrons. The van der Waals surface area contributed by atoms with E-state index in [4.69, 9.17) is 10.5 Å². The molecule has 1 unspecified atom stereocenters. The van der Waals surface area contributed by atoms with Gasteiger partial charge in [-0.1, -0.05) is 19.9 Å². The molecule has 20 heavy (non-hydrogen) atoms. The molecule has 0 spiro atoms. The monoisotopic (exact) mass is 269 g/mol. The van der Waals surface area contributed by atoms with Crippen LogP contribution in [0.25, 0.3) is 0 Å². The highest BCUT2D eigenvalue weighted by molar-refractivity contribution is 5.82. The van der Waals surface area contributed by atoms with Crippen LogP contribution in [0.4, 0.5) is 0 Å². The first-order valence-electron chi connectivity index (χ1n) is 6.38. The van der Waals surface area contributed by atoms with Crippen LogP contribution in [0.3, 0.4) is 0 Å². The number of nitrogens with zero attached hydrogens (tertiary/aromatic N) is 2. The van der Waals surface area contributed by atoms with Gasteiger partial charge in [0.05, 0.1) is 11.6 Å². The normalized spacial score (nSPS) is 16.8. The molecule has 3 rings (SSSR count). The number of hydrogen-bond donors (Lipinski definition) is 1. The summed E-state index contributed by atoms with van der Waals surface area (Å²) in [6.07, 6.45) is 4.99. The summed E-state index contributed by atoms with van der Waals surface area (Å²) in [6, 6.07) is 5.61. The highest BCUT2D eigenvalue weighted by Crippen LogP contribution is 2.50. The number of aromatic nitrogens is 2. The van der Waals surface area contributed by atoms with Gasteiger partial charge >= 0.3 is 0 Å². The Morgan fingerprint density at radius 3 is 2.85 bits per heavy atom. The lowest BCUT2D eigenvalue weighted by molar-refractivity contribution is -0.126. The lowest BCUT2D eigenvalue weighted by Crippen LogP contribution is -2.38. The quantitative estimate of drug-likeness (QED) is 0.906. The maximum atomic E-state index is 11.9. The molecule has 0 bridgehead atoms. The molecule has 1 aliphatic heterocycles. The molecule has 1 amide bonds. The molecular weight excluding hydrogens is 254 g/mol. The minimum atomic E-state index is -0.752. The molecule has 0 radical (unpaired) electrons. The van der Waals surface area contributed by atoms with Crippen molar-refractivity contribution in [1.29, 1.82) is 0 Å². The highest BCUT2D eigenvalue weighted by Gasteiger charge is 2.42. The molecule has 5 nitrogen and oxygen atoms in total. The summed E-state index contributed by atoms with van der Waals surface area (Å²) in [7, 11) is 0. The Kier molecular flexibility index (Phi) is 2.71. The molecule has 1 atom stereocenters. The minimum Gasteiger partial charge on any atom is -0.437 e. The van der Waals surface area contributed by atoms with Crippen molar-refractivity contribution in [3.63, 3.8) is 0 Å². The summed E-state index contributed by atoms with van der Waals surface area (Å²) in [5.74, 6) is 0.572. The van der Waals surface area contributed by atoms with Crippen molar-refractivity contribution in [2.75, 3.05) is 0 Å². The van der Waals surface area contributed by atoms with Gasteiger partial charge in [-0.25, -0.2) is 4.98 Å². The molecule has 0 fully saturated rings. The van der Waals surface area contributed by atoms with Crippen LogP contribution in [0.2, 0.25) is 0 Å². The summed E-state index contributed by atoms with van der Waals surface area (Å²) in [5, 5.41) is 0. The van der Waals surface area contributed by atoms with Crippen molar-refractivity contribution in [3.05, 3.63) is 47.9 Å². The largest absolute Gasteiger partial charge is 0.437 e. The number of hydrogen-bond acceptors (Lipinski definition) is 4. The second-order valence-electron chi connectivity index (χ2n) is 5.43. The Balaban J connectivity index is 2.25. The molecule has 0 saturated carbocycles. The van der Waals surface area contributed by atoms with Crippen molar-refractivity contribution < 1.29 is 9.53 Å². The van der Waals surface area contributed by atoms with Gasteiger partial charge in [-0.05, 0) is 12.1 Å². The van der Waals surface area contributed by atoms with E-state index in [1.807, 2.05) is 32.0 Å². The van der Waals surface area contributed by atoms with Crippen molar-refractivity contribution >= 4 is 5.91 Å². The summed E-state index contributed by atoms with van der Waals surface area (Å²) in [4.78, 5) is 20.2. The van der Waals surface area contributed by atoms with E-state index in [1.165, 1.54) is 0 Å². The Bertz CT molecular complexity index is 637. The lowest BCUT2D eigenvalue weighted by atomic mass is 9.70. The third kappa shape index (κ3) is 1.74. The van der Waals surface area contributed by atoms with E-state index in [-0.39, 0.29) is 11.8 Å². The fourth-order valence-electron chi connectivity index (χ4n) is 2.61. The van der Waals surface area contributed by atoms with E-state index in [0.29, 0.717) is 11.6 Å². The Labute approximate surface area is 116 Å². The van der Waals surface area contributed by atoms with Gasteiger partial charge in [-0.2, -0.15) is 0 Å². The van der Waals surface area contributed by atoms with E-state index in [2.05, 4.69) is 9.97 Å². The van der Waals surface area contributed by atoms with Gasteiger partial charge in [0.2, 0.25) is 11.8 Å². The fraction of sp³-hybridized carbons (Fsp3) is 0.267. The maximum Gasteiger partial charge on any atom is 0.224 e. The lowest BCUT2D eigenvalue weighted by Gasteiger charge is -2.36. The smallest absolute Gasteiger partial charge is 0.224 e. The van der Waals surface area contributed by atoms with Gasteiger partial charge in [0.1, 0.15) is 0 Å². The number of amides is 1. The molecule has 0 saturated heterocycles. The standard InChI is InChI=1S/C15H15N3O2/c1-15(2,14(16)19)12-9-5-7-17-8-11(9)20-13-10(12)4-3-6-18-13/h3-8,12H,1-2H3,(H2,16,19). The number of ether oxygens (including phenoxy) is 1. The SMILES string of the molecule is CC(C)(C(N)=O)C1c2ccncc2Oc2ncccc21. The van der Waals surface area contributed by atoms with Gasteiger partial charge in [0.25, 0.3) is 0 Å². The molecule has 0 aliphatic carbocycles. The number of carbonyl (C=O) groups is 1. The second-order valence-corrected chi connectivity index (χ2v) is 5.43. The predicted molar refractivity (Wildman–Crippen MR) is 73.4 cm³/mol. The number of primary amides is 1. The molecule has 2 aromatic rings. The van der Waals surface area contributed by atoms with Crippen molar-refractivity contribution in [3.8, 4) is 11.6 Å². The zero-order valence-corrected chi connectivity index (χ0v) is 11.3. The number of pyridine rings is 2. The molecule has 3 heterocycles. The van der Waals surface area contributed by atoms with E-state index in [0.717, 1.165) is 11.1 Å². The first-order chi connectivity index (χ1) is 9.51. The van der Waals surface area contributed by atoms with Gasteiger partial charge in [-0.15, -0.1) is 0 Å². The average molecular weight is 269 g/mol. The number of rotatable bonds is 2. The maximum absolute atomic E-state index is 11.9. The van der Waals surface area contributed by atoms with Crippen LogP contribution < -0.4 is 10.5 Å². The van der Waals surface area contributed by atoms with Gasteiger partial charge in [-0.3, -0.25) is 9.78 Å². The van der Waals surface area contributed by atoms with Crippen LogP contribution in [-0.2, 0) is 4.79 Å². The van der Waals surface area contributed by atoms with Crippen molar-refractivity contribution in [1.82, 2.24) is 9.97 Å². The molecular formula is C15H15N3O2. The van der Waals surface area contributed by atoms with E-state index in [9.17, 15) is 4.79 Å². The van der Waals surface area contributed by atoms with Gasteiger partial charge in [0.15, 0.2) is 5.75 Å². The summed E-state index contributed by atoms with van der Waals surface area (Å²) in [5.41, 5.74) is 6.62. The first-order valence-corrected chi connectivity index (χ1v) is 6.38. The third-order valence-electron chi connectivity index (χ3n) is 3.80. The molecule has 0 aromatic carbocycles. The van der Waals surface area contributed by atoms with Crippen molar-refractivity contribution in [2.45, 2.75) is 19.8 Å². The molecule has 2 aromatic heterocycles. The fourth-order valence-corrected chi connectivity index (χ4v) is 2.61. The number of carbonyl (C=O) groups excluding carboxylic acids is 1. The first kappa shape index (κ1) is 12.6. The Hall–Kier alpha value is -2.43. The average Bonchev–Trinajstić information content (AvgIpc) is 2.44. The second kappa shape index (κ2) is 4.30. The van der Waals surface area contributed by atoms with Crippen LogP contribution in [0.1, 0.15) is 30.9 Å². The molecule has 1 aliphatic rings. The highest BCUT2D eigenvalue weighted by atomic mass is 16.5. The van der Waals surface area contributed by atoms with Crippen LogP contribution >= 0.6 is 0 Å². The van der Waals surface area contributed by atoms with E-state index in [1.54, 1.807) is 18.6 Å². The number of nitrogens with two attached hydrogens (primary N) is 1. The van der Waals surface area contributed by atoms with Crippen LogP contribution in [-0.4, -0.2) is 15.9 Å². The van der Waals surface area contributed by atoms with Crippen molar-refractivity contribution in [2.24, 2.45) is 11.1 Å². The Morgan fingerprint density at radius 1 is 1.30 bits per heavy atom. The predicted octanol–water partition coefficient (Wildman–Crippen LogP) is 2.23. The summed E-state index contributed by atoms with van der Waals surface area (Å²) in [6.45, 7) is 3.68. The van der Waals surface area contributed by atoms with Gasteiger partial charge in [0, 0.05) is 29.4 Å². The van der Waals surface area contributed by atoms with E-state index < -0.39 is 5.41 Å². The van der Waals surface area contributed by atoms with E-state index >= 15 is 0 Å². The zero-order valence-electron chi connectivity index (χ0n) is 11.3. The minimum absolute atomic E-state index is 0.199. The summed E-state index contributed by atoms with van der Waals surface area (Å²) >= 11 is 0. The van der Waals surface area contributed by atoms with Crippen LogP contribution in [0, 0.1) is 5.41 Å². The Morgan fingerprint density at radius 2 is 2.10 bits per heavy atom. The third-order valence-corrected chi connectivity index (χ3v) is 3.80. The molecule has 5 heteroatoms.